The number of nitrogens with one attached hydrogen (secondary N) is 2. The van der Waals surface area contributed by atoms with Gasteiger partial charge in [-0.3, -0.25) is 33.6 Å². The summed E-state index contributed by atoms with van der Waals surface area (Å²) < 4.78 is 0. The summed E-state index contributed by atoms with van der Waals surface area (Å²) in [5.41, 5.74) is 20.7. The highest BCUT2D eigenvalue weighted by Crippen LogP contribution is 2.23. The molecule has 15 heteroatoms. The number of carbonyl (C=O) groups is 7. The molecule has 0 aliphatic carbocycles. The Bertz CT molecular complexity index is 1720. The van der Waals surface area contributed by atoms with Gasteiger partial charge in [-0.2, -0.15) is 0 Å². The molecule has 2 aromatic rings. The Morgan fingerprint density at radius 2 is 1.18 bits per heavy atom. The Morgan fingerprint density at radius 3 is 1.73 bits per heavy atom. The molecule has 62 heavy (non-hydrogen) atoms. The molecule has 5 atom stereocenters. The Labute approximate surface area is 368 Å². The molecule has 0 heterocycles. The van der Waals surface area contributed by atoms with E-state index >= 15 is 0 Å². The molecule has 0 fully saturated rings. The van der Waals surface area contributed by atoms with E-state index in [9.17, 15) is 43.6 Å². The fraction of sp³-hybridized carbons (Fsp3) is 0.596. The van der Waals surface area contributed by atoms with Gasteiger partial charge in [-0.1, -0.05) is 82.1 Å². The van der Waals surface area contributed by atoms with Crippen LogP contribution in [0.25, 0.3) is 11.1 Å². The summed E-state index contributed by atoms with van der Waals surface area (Å²) in [6.45, 7) is 6.16. The van der Waals surface area contributed by atoms with E-state index in [1.807, 2.05) is 12.1 Å². The van der Waals surface area contributed by atoms with E-state index in [-0.39, 0.29) is 75.1 Å². The van der Waals surface area contributed by atoms with E-state index in [4.69, 9.17) is 17.2 Å². The van der Waals surface area contributed by atoms with Crippen molar-refractivity contribution in [2.75, 3.05) is 13.1 Å². The number of carbonyl (C=O) groups excluding carboxylic acids is 7. The molecule has 0 saturated carbocycles. The average Bonchev–Trinajstić information content (AvgIpc) is 3.25. The highest BCUT2D eigenvalue weighted by molar-refractivity contribution is 6.43. The van der Waals surface area contributed by atoms with E-state index in [0.717, 1.165) is 30.4 Å². The van der Waals surface area contributed by atoms with Crippen LogP contribution in [0.2, 0.25) is 5.82 Å². The van der Waals surface area contributed by atoms with Crippen LogP contribution in [-0.4, -0.2) is 83.2 Å². The van der Waals surface area contributed by atoms with Crippen LogP contribution in [0.4, 0.5) is 0 Å². The second-order valence-corrected chi connectivity index (χ2v) is 16.6. The van der Waals surface area contributed by atoms with Gasteiger partial charge in [-0.05, 0) is 99.8 Å². The van der Waals surface area contributed by atoms with Gasteiger partial charge in [0.25, 0.3) is 0 Å². The lowest BCUT2D eigenvalue weighted by Crippen LogP contribution is -2.47. The van der Waals surface area contributed by atoms with Gasteiger partial charge in [0.2, 0.25) is 17.7 Å². The molecule has 0 spiro atoms. The first kappa shape index (κ1) is 53.6. The highest BCUT2D eigenvalue weighted by Gasteiger charge is 2.32. The first-order valence-corrected chi connectivity index (χ1v) is 22.6. The highest BCUT2D eigenvalue weighted by atomic mass is 16.4. The summed E-state index contributed by atoms with van der Waals surface area (Å²) in [7, 11) is -1.71. The minimum atomic E-state index is -1.71. The van der Waals surface area contributed by atoms with Gasteiger partial charge in [0.1, 0.15) is 5.78 Å². The van der Waals surface area contributed by atoms with Crippen molar-refractivity contribution in [3.05, 3.63) is 59.7 Å². The maximum Gasteiger partial charge on any atom is 0.454 e. The quantitative estimate of drug-likeness (QED) is 0.0282. The lowest BCUT2D eigenvalue weighted by Gasteiger charge is -2.25. The Balaban J connectivity index is 2.08. The number of benzene rings is 2. The molecule has 342 valence electrons. The third kappa shape index (κ3) is 20.1. The fourth-order valence-corrected chi connectivity index (χ4v) is 7.28. The first-order chi connectivity index (χ1) is 29.6. The maximum absolute atomic E-state index is 13.8. The number of rotatable bonds is 34. The van der Waals surface area contributed by atoms with Gasteiger partial charge in [0.15, 0.2) is 17.3 Å². The number of primary amides is 1. The molecule has 2 aromatic carbocycles. The van der Waals surface area contributed by atoms with Gasteiger partial charge in [-0.15, -0.1) is 0 Å². The van der Waals surface area contributed by atoms with Crippen molar-refractivity contribution in [2.24, 2.45) is 29.0 Å². The summed E-state index contributed by atoms with van der Waals surface area (Å²) >= 11 is 0. The summed E-state index contributed by atoms with van der Waals surface area (Å²) in [5.74, 6) is -5.40. The van der Waals surface area contributed by atoms with Crippen LogP contribution in [-0.2, 0) is 35.2 Å². The van der Waals surface area contributed by atoms with Gasteiger partial charge in [0.05, 0.1) is 12.1 Å². The van der Waals surface area contributed by atoms with Crippen LogP contribution in [0.3, 0.4) is 0 Å². The van der Waals surface area contributed by atoms with E-state index in [1.165, 1.54) is 12.5 Å². The van der Waals surface area contributed by atoms with E-state index < -0.39 is 60.4 Å². The lowest BCUT2D eigenvalue weighted by molar-refractivity contribution is -0.135. The Morgan fingerprint density at radius 1 is 0.629 bits per heavy atom. The summed E-state index contributed by atoms with van der Waals surface area (Å²) in [6.07, 6.45) is 6.09. The van der Waals surface area contributed by atoms with Gasteiger partial charge in [-0.25, -0.2) is 0 Å². The third-order valence-corrected chi connectivity index (χ3v) is 11.4. The van der Waals surface area contributed by atoms with Crippen molar-refractivity contribution < 1.29 is 43.6 Å². The summed E-state index contributed by atoms with van der Waals surface area (Å²) in [4.78, 5) is 92.2. The number of aryl methyl sites for hydroxylation is 1. The van der Waals surface area contributed by atoms with Crippen LogP contribution in [0, 0.1) is 11.8 Å². The minimum absolute atomic E-state index is 0.0847. The van der Waals surface area contributed by atoms with Crippen molar-refractivity contribution in [3.8, 4) is 11.1 Å². The number of hydrogen-bond donors (Lipinski definition) is 7. The standard InChI is InChI=1S/C47H72BN5O9/c1-4-6-12-33-17-19-35(20-18-33)36-21-23-37(24-22-36)42(55)16-11-14-39(54)30-38(13-7-9-27-49)47(60)53-41(25-26-45(51)58)44(57)31-34(5-2)46(59)52-40(15-8-10-28-50)43(56)29-32(3)48(61)62/h17-24,32,34,38,40-41,61-62H,4-16,25-31,49-50H2,1-3H3,(H2,51,58)(H,52,59)(H,53,60)/t32-,34-,38-,40+,41+/m1/s1. The third-order valence-electron chi connectivity index (χ3n) is 11.4. The predicted octanol–water partition coefficient (Wildman–Crippen LogP) is 4.93. The predicted molar refractivity (Wildman–Crippen MR) is 243 cm³/mol. The molecule has 0 aliphatic rings. The normalized spacial score (nSPS) is 13.6. The van der Waals surface area contributed by atoms with Crippen LogP contribution in [0.5, 0.6) is 0 Å². The smallest absolute Gasteiger partial charge is 0.427 e. The van der Waals surface area contributed by atoms with Crippen molar-refractivity contribution in [1.29, 1.82) is 0 Å². The molecule has 0 bridgehead atoms. The molecule has 0 radical (unpaired) electrons. The second-order valence-electron chi connectivity index (χ2n) is 16.6. The minimum Gasteiger partial charge on any atom is -0.427 e. The molecular weight excluding hydrogens is 789 g/mol. The second kappa shape index (κ2) is 29.7. The van der Waals surface area contributed by atoms with Crippen LogP contribution in [0.15, 0.2) is 48.5 Å². The van der Waals surface area contributed by atoms with Gasteiger partial charge >= 0.3 is 7.12 Å². The van der Waals surface area contributed by atoms with Crippen molar-refractivity contribution >= 4 is 48.0 Å². The van der Waals surface area contributed by atoms with Crippen LogP contribution < -0.4 is 27.8 Å². The molecule has 0 aromatic heterocycles. The fourth-order valence-electron chi connectivity index (χ4n) is 7.28. The molecule has 3 amide bonds. The molecule has 0 aliphatic heterocycles. The number of unbranched alkanes of at least 4 members (excludes halogenated alkanes) is 3. The zero-order valence-corrected chi connectivity index (χ0v) is 37.2. The average molecular weight is 862 g/mol. The maximum atomic E-state index is 13.8. The molecule has 0 unspecified atom stereocenters. The zero-order chi connectivity index (χ0) is 46.0. The topological polar surface area (TPSA) is 262 Å². The van der Waals surface area contributed by atoms with E-state index in [2.05, 4.69) is 41.8 Å². The first-order valence-electron chi connectivity index (χ1n) is 22.6. The Hall–Kier alpha value is -4.57. The monoisotopic (exact) mass is 862 g/mol. The lowest BCUT2D eigenvalue weighted by atomic mass is 9.71. The van der Waals surface area contributed by atoms with Gasteiger partial charge < -0.3 is 37.9 Å². The molecule has 2 rings (SSSR count). The summed E-state index contributed by atoms with van der Waals surface area (Å²) in [6, 6.07) is 13.8. The number of nitrogens with two attached hydrogens (primary N) is 3. The van der Waals surface area contributed by atoms with Crippen molar-refractivity contribution in [3.63, 3.8) is 0 Å². The SMILES string of the molecule is CCCCc1ccc(-c2ccc(C(=O)CCCC(=O)C[C@@H](CCCCN)C(=O)N[C@@H](CCC(N)=O)C(=O)C[C@@H](CC)C(=O)N[C@@H](CCCCN)C(=O)C[C@@H](C)B(O)O)cc2)cc1. The molecular formula is C47H72BN5O9. The van der Waals surface area contributed by atoms with Crippen LogP contribution in [0.1, 0.15) is 146 Å². The van der Waals surface area contributed by atoms with E-state index in [0.29, 0.717) is 57.2 Å². The van der Waals surface area contributed by atoms with Crippen LogP contribution >= 0.6 is 0 Å². The van der Waals surface area contributed by atoms with Gasteiger partial charge in [0, 0.05) is 55.9 Å². The summed E-state index contributed by atoms with van der Waals surface area (Å²) in [5, 5.41) is 24.5. The van der Waals surface area contributed by atoms with Crippen molar-refractivity contribution in [1.82, 2.24) is 10.6 Å². The Kier molecular flexibility index (Phi) is 25.6. The van der Waals surface area contributed by atoms with Crippen molar-refractivity contribution in [2.45, 2.75) is 154 Å². The zero-order valence-electron chi connectivity index (χ0n) is 37.2. The molecule has 0 saturated heterocycles. The number of hydrogen-bond acceptors (Lipinski definition) is 11. The number of amides is 3. The molecule has 10 N–H and O–H groups in total. The molecule has 14 nitrogen and oxygen atoms in total. The largest absolute Gasteiger partial charge is 0.454 e. The number of ketones is 4. The van der Waals surface area contributed by atoms with E-state index in [1.54, 1.807) is 19.1 Å². The number of Topliss-reactive ketones (excluding diaryl/α,β-unsaturated/α-hetero) is 4.